The Bertz CT molecular complexity index is 1680. The average molecular weight is 691 g/mol. The average Bonchev–Trinajstić information content (AvgIpc) is 3.60. The summed E-state index contributed by atoms with van der Waals surface area (Å²) in [7, 11) is -0.513. The van der Waals surface area contributed by atoms with Crippen LogP contribution in [0.1, 0.15) is 84.4 Å². The van der Waals surface area contributed by atoms with Crippen molar-refractivity contribution in [1.29, 1.82) is 0 Å². The lowest BCUT2D eigenvalue weighted by Gasteiger charge is -2.38. The van der Waals surface area contributed by atoms with Crippen LogP contribution in [-0.2, 0) is 26.9 Å². The lowest BCUT2D eigenvalue weighted by atomic mass is 9.98. The van der Waals surface area contributed by atoms with Crippen molar-refractivity contribution in [3.63, 3.8) is 0 Å². The van der Waals surface area contributed by atoms with Crippen molar-refractivity contribution in [3.05, 3.63) is 52.1 Å². The molecule has 2 fully saturated rings. The highest BCUT2D eigenvalue weighted by Gasteiger charge is 2.47. The third-order valence-electron chi connectivity index (χ3n) is 11.1. The van der Waals surface area contributed by atoms with Crippen molar-refractivity contribution >= 4 is 31.7 Å². The van der Waals surface area contributed by atoms with Gasteiger partial charge >= 0.3 is 0 Å². The van der Waals surface area contributed by atoms with Crippen molar-refractivity contribution in [2.24, 2.45) is 5.92 Å². The minimum absolute atomic E-state index is 0.0321. The monoisotopic (exact) mass is 690 g/mol. The Morgan fingerprint density at radius 2 is 1.33 bits per heavy atom. The Hall–Kier alpha value is -3.70. The van der Waals surface area contributed by atoms with E-state index in [4.69, 9.17) is 18.6 Å². The van der Waals surface area contributed by atoms with Gasteiger partial charge in [-0.1, -0.05) is 27.7 Å². The smallest absolute Gasteiger partial charge is 0.254 e. The van der Waals surface area contributed by atoms with E-state index in [1.165, 1.54) is 7.11 Å². The molecule has 2 amide bonds. The van der Waals surface area contributed by atoms with Gasteiger partial charge in [0, 0.05) is 49.9 Å². The normalized spacial score (nSPS) is 23.8. The summed E-state index contributed by atoms with van der Waals surface area (Å²) >= 11 is 0. The molecule has 4 aliphatic rings. The van der Waals surface area contributed by atoms with Gasteiger partial charge in [-0.2, -0.15) is 0 Å². The number of aryl methyl sites for hydroxylation is 1. The SMILES string of the molecule is COc1cc2c(cc1OCCCOc1cc3c(cc1C)C(=O)N1C[C@H](O[Si](C)(C)C(C)(C)C)C[C@H]1C(=O)C3)CC(=O)[C@@H]1C[C@@H](C)CN1C2=O. The number of carbonyl (C=O) groups is 4. The number of Topliss-reactive ketones (excluding diaryl/α,β-unsaturated/α-hetero) is 2. The number of carbonyl (C=O) groups excluding carboxylic acids is 4. The molecule has 49 heavy (non-hydrogen) atoms. The fraction of sp³-hybridized carbons (Fsp3) is 0.579. The second kappa shape index (κ2) is 13.2. The number of ketones is 2. The van der Waals surface area contributed by atoms with Crippen LogP contribution < -0.4 is 14.2 Å². The first-order valence-electron chi connectivity index (χ1n) is 17.5. The molecular weight excluding hydrogens is 641 g/mol. The molecule has 11 heteroatoms. The number of fused-ring (bicyclic) bond motifs is 4. The second-order valence-electron chi connectivity index (χ2n) is 15.8. The van der Waals surface area contributed by atoms with Crippen LogP contribution in [0.3, 0.4) is 0 Å². The zero-order valence-electron chi connectivity index (χ0n) is 30.1. The summed E-state index contributed by atoms with van der Waals surface area (Å²) < 4.78 is 24.4. The zero-order valence-corrected chi connectivity index (χ0v) is 31.1. The van der Waals surface area contributed by atoms with Crippen LogP contribution in [0.2, 0.25) is 18.1 Å². The fourth-order valence-electron chi connectivity index (χ4n) is 7.38. The van der Waals surface area contributed by atoms with Gasteiger partial charge in [0.05, 0.1) is 38.5 Å². The van der Waals surface area contributed by atoms with Crippen LogP contribution in [0.5, 0.6) is 17.2 Å². The van der Waals surface area contributed by atoms with Gasteiger partial charge in [-0.3, -0.25) is 19.2 Å². The van der Waals surface area contributed by atoms with Crippen molar-refractivity contribution in [2.75, 3.05) is 33.4 Å². The van der Waals surface area contributed by atoms with Gasteiger partial charge in [0.2, 0.25) is 0 Å². The lowest BCUT2D eigenvalue weighted by molar-refractivity contribution is -0.122. The van der Waals surface area contributed by atoms with E-state index >= 15 is 0 Å². The number of hydrogen-bond acceptors (Lipinski definition) is 8. The second-order valence-corrected chi connectivity index (χ2v) is 20.6. The Morgan fingerprint density at radius 3 is 1.94 bits per heavy atom. The number of amides is 2. The number of hydrogen-bond donors (Lipinski definition) is 0. The highest BCUT2D eigenvalue weighted by molar-refractivity contribution is 6.74. The first-order chi connectivity index (χ1) is 23.1. The van der Waals surface area contributed by atoms with Crippen molar-refractivity contribution < 1.29 is 37.8 Å². The van der Waals surface area contributed by atoms with Gasteiger partial charge in [-0.25, -0.2) is 0 Å². The Morgan fingerprint density at radius 1 is 0.776 bits per heavy atom. The highest BCUT2D eigenvalue weighted by atomic mass is 28.4. The molecule has 0 unspecified atom stereocenters. The van der Waals surface area contributed by atoms with E-state index in [1.807, 2.05) is 19.1 Å². The molecule has 0 N–H and O–H groups in total. The van der Waals surface area contributed by atoms with Crippen LogP contribution in [0.4, 0.5) is 0 Å². The Labute approximate surface area is 290 Å². The van der Waals surface area contributed by atoms with E-state index in [9.17, 15) is 19.2 Å². The molecule has 2 aromatic rings. The molecule has 0 radical (unpaired) electrons. The van der Waals surface area contributed by atoms with E-state index in [0.717, 1.165) is 5.56 Å². The zero-order chi connectivity index (χ0) is 35.4. The summed E-state index contributed by atoms with van der Waals surface area (Å²) in [6, 6.07) is 6.29. The molecule has 0 saturated carbocycles. The maximum Gasteiger partial charge on any atom is 0.254 e. The van der Waals surface area contributed by atoms with Gasteiger partial charge in [0.1, 0.15) is 5.75 Å². The molecule has 6 rings (SSSR count). The third-order valence-corrected chi connectivity index (χ3v) is 15.6. The highest BCUT2D eigenvalue weighted by Crippen LogP contribution is 2.41. The van der Waals surface area contributed by atoms with Crippen molar-refractivity contribution in [1.82, 2.24) is 9.80 Å². The number of benzene rings is 2. The minimum atomic E-state index is -2.05. The van der Waals surface area contributed by atoms with Gasteiger partial charge < -0.3 is 28.4 Å². The molecule has 2 saturated heterocycles. The number of methoxy groups -OCH3 is 1. The quantitative estimate of drug-likeness (QED) is 0.249. The van der Waals surface area contributed by atoms with Gasteiger partial charge in [0.15, 0.2) is 31.4 Å². The van der Waals surface area contributed by atoms with Gasteiger partial charge in [-0.05, 0) is 78.4 Å². The molecule has 4 atom stereocenters. The maximum atomic E-state index is 13.8. The lowest BCUT2D eigenvalue weighted by Crippen LogP contribution is -2.44. The molecular formula is C38H50N2O8Si. The summed E-state index contributed by atoms with van der Waals surface area (Å²) in [5.41, 5.74) is 3.22. The molecule has 4 heterocycles. The predicted octanol–water partition coefficient (Wildman–Crippen LogP) is 5.56. The standard InChI is InChI=1S/C38H50N2O8Si/c1-22-12-29-31(41)15-25-17-35(34(45-6)19-28(25)37(44)39(29)20-22)47-11-9-10-46-33-16-24-14-32(42)30-18-26(48-49(7,8)38(3,4)5)21-40(30)36(43)27(24)13-23(33)2/h13,16-17,19,22,26,29-30H,9-12,14-15,18,20-21H2,1-8H3/t22-,26-,29+,30+/m1/s1. The van der Waals surface area contributed by atoms with Crippen molar-refractivity contribution in [2.45, 2.75) is 103 Å². The summed E-state index contributed by atoms with van der Waals surface area (Å²) in [5, 5.41) is 0.0426. The molecule has 4 aliphatic heterocycles. The molecule has 2 aromatic carbocycles. The first kappa shape index (κ1) is 35.1. The van der Waals surface area contributed by atoms with E-state index in [-0.39, 0.29) is 53.4 Å². The van der Waals surface area contributed by atoms with Crippen molar-refractivity contribution in [3.8, 4) is 17.2 Å². The van der Waals surface area contributed by atoms with Crippen LogP contribution in [0.15, 0.2) is 24.3 Å². The van der Waals surface area contributed by atoms with Gasteiger partial charge in [0.25, 0.3) is 11.8 Å². The Balaban J connectivity index is 1.08. The molecule has 0 aromatic heterocycles. The van der Waals surface area contributed by atoms with Crippen LogP contribution in [0, 0.1) is 12.8 Å². The van der Waals surface area contributed by atoms with Crippen LogP contribution in [0.25, 0.3) is 0 Å². The molecule has 0 aliphatic carbocycles. The maximum absolute atomic E-state index is 13.8. The summed E-state index contributed by atoms with van der Waals surface area (Å²) in [4.78, 5) is 57.0. The van der Waals surface area contributed by atoms with Crippen LogP contribution in [-0.4, -0.2) is 93.1 Å². The largest absolute Gasteiger partial charge is 0.493 e. The number of ether oxygens (including phenoxy) is 3. The minimum Gasteiger partial charge on any atom is -0.493 e. The molecule has 264 valence electrons. The van der Waals surface area contributed by atoms with E-state index < -0.39 is 14.4 Å². The van der Waals surface area contributed by atoms with E-state index in [1.54, 1.807) is 21.9 Å². The van der Waals surface area contributed by atoms with E-state index in [0.29, 0.717) is 91.0 Å². The number of rotatable bonds is 9. The summed E-state index contributed by atoms with van der Waals surface area (Å²) in [6.07, 6.45) is 2.00. The number of nitrogens with zero attached hydrogens (tertiary/aromatic N) is 2. The van der Waals surface area contributed by atoms with Gasteiger partial charge in [-0.15, -0.1) is 0 Å². The molecule has 0 bridgehead atoms. The summed E-state index contributed by atoms with van der Waals surface area (Å²) in [6.45, 7) is 16.6. The first-order valence-corrected chi connectivity index (χ1v) is 20.4. The topological polar surface area (TPSA) is 112 Å². The van der Waals surface area contributed by atoms with E-state index in [2.05, 4.69) is 40.8 Å². The third kappa shape index (κ3) is 6.76. The Kier molecular flexibility index (Phi) is 9.47. The predicted molar refractivity (Wildman–Crippen MR) is 187 cm³/mol. The summed E-state index contributed by atoms with van der Waals surface area (Å²) in [5.74, 6) is 1.69. The van der Waals surface area contributed by atoms with Crippen LogP contribution >= 0.6 is 0 Å². The molecule has 10 nitrogen and oxygen atoms in total. The molecule has 0 spiro atoms. The fourth-order valence-corrected chi connectivity index (χ4v) is 8.73.